The van der Waals surface area contributed by atoms with Gasteiger partial charge in [0, 0.05) is 13.1 Å². The Balaban J connectivity index is 1.91. The molecule has 3 rings (SSSR count). The molecular weight excluding hydrogens is 342 g/mol. The van der Waals surface area contributed by atoms with Gasteiger partial charge in [0.1, 0.15) is 0 Å². The SMILES string of the molecule is COc1cc2c(cc1OC)C1(CCN(S(=O)(=O)C(C)C)CC1)OCC2. The summed E-state index contributed by atoms with van der Waals surface area (Å²) in [5.41, 5.74) is 1.87. The second kappa shape index (κ2) is 6.78. The first-order valence-corrected chi connectivity index (χ1v) is 10.2. The van der Waals surface area contributed by atoms with E-state index in [9.17, 15) is 8.42 Å². The topological polar surface area (TPSA) is 65.1 Å². The smallest absolute Gasteiger partial charge is 0.216 e. The van der Waals surface area contributed by atoms with Crippen LogP contribution in [0.2, 0.25) is 0 Å². The standard InChI is InChI=1S/C18H27NO5S/c1-13(2)25(20,21)19-8-6-18(7-9-19)15-12-17(23-4)16(22-3)11-14(15)5-10-24-18/h11-13H,5-10H2,1-4H3. The Bertz CT molecular complexity index is 736. The van der Waals surface area contributed by atoms with Crippen molar-refractivity contribution < 1.29 is 22.6 Å². The fourth-order valence-corrected chi connectivity index (χ4v) is 5.09. The monoisotopic (exact) mass is 369 g/mol. The lowest BCUT2D eigenvalue weighted by Crippen LogP contribution is -2.49. The number of piperidine rings is 1. The Morgan fingerprint density at radius 2 is 1.72 bits per heavy atom. The number of benzene rings is 1. The van der Waals surface area contributed by atoms with Gasteiger partial charge >= 0.3 is 0 Å². The van der Waals surface area contributed by atoms with Crippen LogP contribution in [-0.2, 0) is 26.8 Å². The highest BCUT2D eigenvalue weighted by atomic mass is 32.2. The summed E-state index contributed by atoms with van der Waals surface area (Å²) < 4.78 is 43.5. The van der Waals surface area contributed by atoms with Crippen molar-refractivity contribution in [3.63, 3.8) is 0 Å². The maximum atomic E-state index is 12.4. The van der Waals surface area contributed by atoms with E-state index in [0.717, 1.165) is 17.7 Å². The minimum Gasteiger partial charge on any atom is -0.493 e. The third kappa shape index (κ3) is 3.13. The molecule has 2 aliphatic rings. The third-order valence-electron chi connectivity index (χ3n) is 5.34. The van der Waals surface area contributed by atoms with E-state index in [2.05, 4.69) is 0 Å². The highest BCUT2D eigenvalue weighted by Crippen LogP contribution is 2.45. The first kappa shape index (κ1) is 18.5. The van der Waals surface area contributed by atoms with Crippen LogP contribution >= 0.6 is 0 Å². The van der Waals surface area contributed by atoms with Gasteiger partial charge in [-0.05, 0) is 56.4 Å². The van der Waals surface area contributed by atoms with Crippen LogP contribution in [-0.4, -0.2) is 51.9 Å². The highest BCUT2D eigenvalue weighted by Gasteiger charge is 2.44. The molecule has 1 aromatic carbocycles. The first-order chi connectivity index (χ1) is 11.8. The number of hydrogen-bond acceptors (Lipinski definition) is 5. The Hall–Kier alpha value is -1.31. The molecule has 2 heterocycles. The molecule has 0 amide bonds. The number of ether oxygens (including phenoxy) is 3. The summed E-state index contributed by atoms with van der Waals surface area (Å²) in [7, 11) is 0.0339. The van der Waals surface area contributed by atoms with E-state index < -0.39 is 20.9 Å². The second-order valence-corrected chi connectivity index (χ2v) is 9.44. The van der Waals surface area contributed by atoms with Gasteiger partial charge in [0.2, 0.25) is 10.0 Å². The molecule has 7 heteroatoms. The number of sulfonamides is 1. The Labute approximate surface area is 150 Å². The zero-order chi connectivity index (χ0) is 18.2. The number of nitrogens with zero attached hydrogens (tertiary/aromatic N) is 1. The van der Waals surface area contributed by atoms with Gasteiger partial charge in [-0.1, -0.05) is 0 Å². The summed E-state index contributed by atoms with van der Waals surface area (Å²) >= 11 is 0. The molecule has 2 aliphatic heterocycles. The molecule has 1 aromatic rings. The molecule has 0 unspecified atom stereocenters. The van der Waals surface area contributed by atoms with Crippen LogP contribution < -0.4 is 9.47 Å². The Morgan fingerprint density at radius 3 is 2.28 bits per heavy atom. The van der Waals surface area contributed by atoms with Crippen LogP contribution in [0, 0.1) is 0 Å². The van der Waals surface area contributed by atoms with Crippen molar-refractivity contribution in [3.8, 4) is 11.5 Å². The lowest BCUT2D eigenvalue weighted by Gasteiger charge is -2.45. The van der Waals surface area contributed by atoms with E-state index in [0.29, 0.717) is 38.3 Å². The molecule has 0 bridgehead atoms. The van der Waals surface area contributed by atoms with Crippen molar-refractivity contribution in [1.29, 1.82) is 0 Å². The van der Waals surface area contributed by atoms with E-state index in [1.54, 1.807) is 32.4 Å². The number of fused-ring (bicyclic) bond motifs is 2. The van der Waals surface area contributed by atoms with Crippen LogP contribution in [0.5, 0.6) is 11.5 Å². The molecular formula is C18H27NO5S. The van der Waals surface area contributed by atoms with Crippen LogP contribution in [0.25, 0.3) is 0 Å². The average molecular weight is 369 g/mol. The zero-order valence-corrected chi connectivity index (χ0v) is 16.2. The van der Waals surface area contributed by atoms with Crippen LogP contribution in [0.1, 0.15) is 37.8 Å². The molecule has 0 atom stereocenters. The van der Waals surface area contributed by atoms with E-state index in [-0.39, 0.29) is 0 Å². The molecule has 0 radical (unpaired) electrons. The van der Waals surface area contributed by atoms with E-state index in [1.165, 1.54) is 5.56 Å². The fourth-order valence-electron chi connectivity index (χ4n) is 3.80. The molecule has 6 nitrogen and oxygen atoms in total. The molecule has 1 fully saturated rings. The molecule has 0 N–H and O–H groups in total. The van der Waals surface area contributed by atoms with E-state index in [4.69, 9.17) is 14.2 Å². The number of hydrogen-bond donors (Lipinski definition) is 0. The third-order valence-corrected chi connectivity index (χ3v) is 7.61. The summed E-state index contributed by atoms with van der Waals surface area (Å²) in [6.45, 7) is 5.05. The van der Waals surface area contributed by atoms with Gasteiger partial charge in [0.25, 0.3) is 0 Å². The van der Waals surface area contributed by atoms with Crippen molar-refractivity contribution >= 4 is 10.0 Å². The summed E-state index contributed by atoms with van der Waals surface area (Å²) in [5.74, 6) is 1.40. The molecule has 1 saturated heterocycles. The molecule has 0 saturated carbocycles. The van der Waals surface area contributed by atoms with Gasteiger partial charge in [-0.15, -0.1) is 0 Å². The van der Waals surface area contributed by atoms with Gasteiger partial charge in [0.15, 0.2) is 11.5 Å². The average Bonchev–Trinajstić information content (AvgIpc) is 2.61. The van der Waals surface area contributed by atoms with Gasteiger partial charge in [-0.3, -0.25) is 0 Å². The van der Waals surface area contributed by atoms with E-state index in [1.807, 2.05) is 12.1 Å². The van der Waals surface area contributed by atoms with Crippen molar-refractivity contribution in [2.45, 2.75) is 44.0 Å². The zero-order valence-electron chi connectivity index (χ0n) is 15.4. The normalized spacial score (nSPS) is 20.5. The largest absolute Gasteiger partial charge is 0.493 e. The van der Waals surface area contributed by atoms with Crippen molar-refractivity contribution in [1.82, 2.24) is 4.31 Å². The van der Waals surface area contributed by atoms with Gasteiger partial charge < -0.3 is 14.2 Å². The summed E-state index contributed by atoms with van der Waals surface area (Å²) in [6, 6.07) is 4.02. The quantitative estimate of drug-likeness (QED) is 0.815. The van der Waals surface area contributed by atoms with Crippen LogP contribution in [0.4, 0.5) is 0 Å². The number of methoxy groups -OCH3 is 2. The van der Waals surface area contributed by atoms with Gasteiger partial charge in [0.05, 0.1) is 31.7 Å². The molecule has 1 spiro atoms. The highest BCUT2D eigenvalue weighted by molar-refractivity contribution is 7.89. The van der Waals surface area contributed by atoms with Gasteiger partial charge in [-0.2, -0.15) is 0 Å². The van der Waals surface area contributed by atoms with E-state index >= 15 is 0 Å². The summed E-state index contributed by atoms with van der Waals surface area (Å²) in [4.78, 5) is 0. The van der Waals surface area contributed by atoms with Crippen LogP contribution in [0.3, 0.4) is 0 Å². The Kier molecular flexibility index (Phi) is 5.01. The van der Waals surface area contributed by atoms with Gasteiger partial charge in [-0.25, -0.2) is 12.7 Å². The summed E-state index contributed by atoms with van der Waals surface area (Å²) in [6.07, 6.45) is 2.13. The molecule has 0 aromatic heterocycles. The van der Waals surface area contributed by atoms with Crippen molar-refractivity contribution in [3.05, 3.63) is 23.3 Å². The maximum Gasteiger partial charge on any atom is 0.216 e. The lowest BCUT2D eigenvalue weighted by molar-refractivity contribution is -0.0893. The molecule has 0 aliphatic carbocycles. The lowest BCUT2D eigenvalue weighted by atomic mass is 9.79. The second-order valence-electron chi connectivity index (χ2n) is 6.95. The first-order valence-electron chi connectivity index (χ1n) is 8.72. The summed E-state index contributed by atoms with van der Waals surface area (Å²) in [5, 5.41) is -0.398. The predicted molar refractivity (Wildman–Crippen MR) is 95.7 cm³/mol. The predicted octanol–water partition coefficient (Wildman–Crippen LogP) is 2.31. The molecule has 25 heavy (non-hydrogen) atoms. The number of rotatable bonds is 4. The Morgan fingerprint density at radius 1 is 1.12 bits per heavy atom. The molecule has 140 valence electrons. The minimum atomic E-state index is -3.22. The maximum absolute atomic E-state index is 12.4. The van der Waals surface area contributed by atoms with Crippen molar-refractivity contribution in [2.75, 3.05) is 33.9 Å². The van der Waals surface area contributed by atoms with Crippen molar-refractivity contribution in [2.24, 2.45) is 0 Å². The fraction of sp³-hybridized carbons (Fsp3) is 0.667. The minimum absolute atomic E-state index is 0.398. The van der Waals surface area contributed by atoms with Crippen LogP contribution in [0.15, 0.2) is 12.1 Å².